The third kappa shape index (κ3) is 6.02. The van der Waals surface area contributed by atoms with Crippen LogP contribution in [0.4, 0.5) is 5.69 Å². The van der Waals surface area contributed by atoms with Gasteiger partial charge in [0.25, 0.3) is 11.6 Å². The number of thiazole rings is 1. The average Bonchev–Trinajstić information content (AvgIpc) is 3.13. The molecule has 0 aliphatic rings. The Kier molecular flexibility index (Phi) is 8.52. The number of nitro groups is 1. The molecule has 170 valence electrons. The zero-order valence-electron chi connectivity index (χ0n) is 18.3. The van der Waals surface area contributed by atoms with Gasteiger partial charge in [-0.15, -0.1) is 0 Å². The lowest BCUT2D eigenvalue weighted by Gasteiger charge is -2.06. The molecule has 0 bridgehead atoms. The molecular weight excluding hydrogens is 430 g/mol. The number of hydrogen-bond acceptors (Lipinski definition) is 6. The molecule has 0 N–H and O–H groups in total. The van der Waals surface area contributed by atoms with E-state index in [1.54, 1.807) is 30.3 Å². The second kappa shape index (κ2) is 11.5. The molecule has 0 unspecified atom stereocenters. The van der Waals surface area contributed by atoms with Crippen LogP contribution >= 0.6 is 11.3 Å². The van der Waals surface area contributed by atoms with Gasteiger partial charge in [-0.1, -0.05) is 31.1 Å². The Balaban J connectivity index is 1.87. The third-order valence-corrected chi connectivity index (χ3v) is 5.90. The topological polar surface area (TPSA) is 96.0 Å². The van der Waals surface area contributed by atoms with Gasteiger partial charge in [-0.2, -0.15) is 4.99 Å². The first-order valence-corrected chi connectivity index (χ1v) is 11.5. The van der Waals surface area contributed by atoms with Gasteiger partial charge in [0.2, 0.25) is 0 Å². The number of nitrogens with zero attached hydrogens (tertiary/aromatic N) is 3. The van der Waals surface area contributed by atoms with E-state index in [1.807, 2.05) is 11.5 Å². The second-order valence-corrected chi connectivity index (χ2v) is 8.15. The lowest BCUT2D eigenvalue weighted by molar-refractivity contribution is -0.384. The van der Waals surface area contributed by atoms with Crippen molar-refractivity contribution in [2.45, 2.75) is 39.7 Å². The van der Waals surface area contributed by atoms with Crippen LogP contribution in [0.1, 0.15) is 43.5 Å². The highest BCUT2D eigenvalue weighted by Gasteiger charge is 2.13. The predicted octanol–water partition coefficient (Wildman–Crippen LogP) is 4.96. The van der Waals surface area contributed by atoms with E-state index < -0.39 is 4.92 Å². The molecule has 0 saturated heterocycles. The molecule has 3 rings (SSSR count). The SMILES string of the molecule is CCCCCOc1ccc(C(=O)N=c2sc3cc([N+](=O)[O-])ccc3n2CCOCC)cc1. The summed E-state index contributed by atoms with van der Waals surface area (Å²) < 4.78 is 13.7. The molecule has 3 aromatic rings. The molecule has 0 aliphatic heterocycles. The van der Waals surface area contributed by atoms with Crippen LogP contribution in [0.5, 0.6) is 5.75 Å². The van der Waals surface area contributed by atoms with E-state index in [1.165, 1.54) is 23.5 Å². The number of rotatable bonds is 11. The number of carbonyl (C=O) groups is 1. The summed E-state index contributed by atoms with van der Waals surface area (Å²) in [5.41, 5.74) is 1.23. The smallest absolute Gasteiger partial charge is 0.279 e. The molecule has 1 aromatic heterocycles. The van der Waals surface area contributed by atoms with Gasteiger partial charge in [-0.25, -0.2) is 0 Å². The highest BCUT2D eigenvalue weighted by Crippen LogP contribution is 2.23. The van der Waals surface area contributed by atoms with Crippen LogP contribution in [0, 0.1) is 10.1 Å². The van der Waals surface area contributed by atoms with Gasteiger partial charge in [0.15, 0.2) is 4.80 Å². The first kappa shape index (κ1) is 23.6. The normalized spacial score (nSPS) is 11.8. The number of hydrogen-bond donors (Lipinski definition) is 0. The van der Waals surface area contributed by atoms with Crippen molar-refractivity contribution in [2.75, 3.05) is 19.8 Å². The Hall–Kier alpha value is -3.04. The van der Waals surface area contributed by atoms with Crippen LogP contribution in [0.15, 0.2) is 47.5 Å². The molecule has 8 nitrogen and oxygen atoms in total. The number of unbranched alkanes of at least 4 members (excludes halogenated alkanes) is 2. The summed E-state index contributed by atoms with van der Waals surface area (Å²) in [6.07, 6.45) is 3.25. The van der Waals surface area contributed by atoms with Crippen LogP contribution in [-0.2, 0) is 11.3 Å². The molecule has 0 saturated carbocycles. The van der Waals surface area contributed by atoms with E-state index >= 15 is 0 Å². The fourth-order valence-corrected chi connectivity index (χ4v) is 4.25. The van der Waals surface area contributed by atoms with Gasteiger partial charge in [-0.3, -0.25) is 14.9 Å². The van der Waals surface area contributed by atoms with Crippen molar-refractivity contribution in [1.82, 2.24) is 4.57 Å². The summed E-state index contributed by atoms with van der Waals surface area (Å²) in [6.45, 7) is 6.21. The molecule has 1 heterocycles. The summed E-state index contributed by atoms with van der Waals surface area (Å²) in [6, 6.07) is 11.6. The second-order valence-electron chi connectivity index (χ2n) is 7.14. The minimum atomic E-state index is -0.433. The Morgan fingerprint density at radius 3 is 2.59 bits per heavy atom. The van der Waals surface area contributed by atoms with Gasteiger partial charge in [0.05, 0.1) is 28.4 Å². The minimum Gasteiger partial charge on any atom is -0.494 e. The van der Waals surface area contributed by atoms with E-state index in [-0.39, 0.29) is 11.6 Å². The van der Waals surface area contributed by atoms with Crippen LogP contribution in [0.3, 0.4) is 0 Å². The van der Waals surface area contributed by atoms with Gasteiger partial charge >= 0.3 is 0 Å². The fraction of sp³-hybridized carbons (Fsp3) is 0.391. The Morgan fingerprint density at radius 1 is 1.12 bits per heavy atom. The molecule has 32 heavy (non-hydrogen) atoms. The van der Waals surface area contributed by atoms with Gasteiger partial charge in [0, 0.05) is 30.8 Å². The molecule has 2 aromatic carbocycles. The molecule has 0 aliphatic carbocycles. The molecule has 9 heteroatoms. The Morgan fingerprint density at radius 2 is 1.91 bits per heavy atom. The quantitative estimate of drug-likeness (QED) is 0.230. The number of fused-ring (bicyclic) bond motifs is 1. The molecular formula is C23H27N3O5S. The van der Waals surface area contributed by atoms with E-state index in [0.717, 1.165) is 30.5 Å². The first-order chi connectivity index (χ1) is 15.5. The first-order valence-electron chi connectivity index (χ1n) is 10.7. The van der Waals surface area contributed by atoms with Crippen LogP contribution in [0.25, 0.3) is 10.2 Å². The zero-order chi connectivity index (χ0) is 22.9. The van der Waals surface area contributed by atoms with Crippen molar-refractivity contribution in [1.29, 1.82) is 0 Å². The Bertz CT molecular complexity index is 1130. The van der Waals surface area contributed by atoms with Crippen LogP contribution in [-0.4, -0.2) is 35.2 Å². The van der Waals surface area contributed by atoms with Gasteiger partial charge in [-0.05, 0) is 43.7 Å². The predicted molar refractivity (Wildman–Crippen MR) is 124 cm³/mol. The molecule has 0 spiro atoms. The summed E-state index contributed by atoms with van der Waals surface area (Å²) in [5.74, 6) is 0.340. The minimum absolute atomic E-state index is 0.00288. The lowest BCUT2D eigenvalue weighted by Crippen LogP contribution is -2.19. The van der Waals surface area contributed by atoms with Crippen LogP contribution in [0.2, 0.25) is 0 Å². The highest BCUT2D eigenvalue weighted by atomic mass is 32.1. The van der Waals surface area contributed by atoms with Crippen molar-refractivity contribution >= 4 is 33.1 Å². The number of nitro benzene ring substituents is 1. The number of amides is 1. The lowest BCUT2D eigenvalue weighted by atomic mass is 10.2. The average molecular weight is 458 g/mol. The van der Waals surface area contributed by atoms with Crippen molar-refractivity contribution in [3.05, 3.63) is 62.9 Å². The largest absolute Gasteiger partial charge is 0.494 e. The van der Waals surface area contributed by atoms with E-state index in [0.29, 0.717) is 41.4 Å². The molecule has 1 amide bonds. The van der Waals surface area contributed by atoms with Crippen molar-refractivity contribution in [3.8, 4) is 5.75 Å². The van der Waals surface area contributed by atoms with Crippen molar-refractivity contribution < 1.29 is 19.2 Å². The maximum Gasteiger partial charge on any atom is 0.279 e. The third-order valence-electron chi connectivity index (χ3n) is 4.86. The summed E-state index contributed by atoms with van der Waals surface area (Å²) in [4.78, 5) is 28.3. The standard InChI is InChI=1S/C23H27N3O5S/c1-3-5-6-14-31-19-10-7-17(8-11-19)22(27)24-23-25(13-15-30-4-2)20-12-9-18(26(28)29)16-21(20)32-23/h7-12,16H,3-6,13-15H2,1-2H3. The number of aromatic nitrogens is 1. The fourth-order valence-electron chi connectivity index (χ4n) is 3.16. The summed E-state index contributed by atoms with van der Waals surface area (Å²) in [7, 11) is 0. The maximum absolute atomic E-state index is 12.8. The van der Waals surface area contributed by atoms with Crippen LogP contribution < -0.4 is 9.54 Å². The van der Waals surface area contributed by atoms with Gasteiger partial charge in [0.1, 0.15) is 5.75 Å². The highest BCUT2D eigenvalue weighted by molar-refractivity contribution is 7.16. The van der Waals surface area contributed by atoms with Gasteiger partial charge < -0.3 is 14.0 Å². The molecule has 0 atom stereocenters. The van der Waals surface area contributed by atoms with Crippen molar-refractivity contribution in [2.24, 2.45) is 4.99 Å². The van der Waals surface area contributed by atoms with E-state index in [2.05, 4.69) is 11.9 Å². The molecule has 0 radical (unpaired) electrons. The summed E-state index contributed by atoms with van der Waals surface area (Å²) >= 11 is 1.25. The van der Waals surface area contributed by atoms with E-state index in [4.69, 9.17) is 9.47 Å². The maximum atomic E-state index is 12.8. The summed E-state index contributed by atoms with van der Waals surface area (Å²) in [5, 5.41) is 11.1. The van der Waals surface area contributed by atoms with Crippen molar-refractivity contribution in [3.63, 3.8) is 0 Å². The number of ether oxygens (including phenoxy) is 2. The molecule has 0 fully saturated rings. The Labute approximate surface area is 190 Å². The number of non-ortho nitro benzene ring substituents is 1. The zero-order valence-corrected chi connectivity index (χ0v) is 19.1. The number of benzene rings is 2. The monoisotopic (exact) mass is 457 g/mol. The van der Waals surface area contributed by atoms with E-state index in [9.17, 15) is 14.9 Å². The number of carbonyl (C=O) groups excluding carboxylic acids is 1.